The minimum absolute atomic E-state index is 0.0654. The van der Waals surface area contributed by atoms with E-state index in [0.717, 1.165) is 25.7 Å². The fourth-order valence-electron chi connectivity index (χ4n) is 4.08. The molecule has 0 bridgehead atoms. The number of hydrogen-bond acceptors (Lipinski definition) is 3. The summed E-state index contributed by atoms with van der Waals surface area (Å²) in [6.45, 7) is 2.25. The van der Waals surface area contributed by atoms with E-state index in [4.69, 9.17) is 0 Å². The van der Waals surface area contributed by atoms with E-state index in [9.17, 15) is 10.2 Å². The van der Waals surface area contributed by atoms with Gasteiger partial charge < -0.3 is 10.2 Å². The third kappa shape index (κ3) is 1.46. The van der Waals surface area contributed by atoms with E-state index in [1.165, 1.54) is 20.5 Å². The largest absolute Gasteiger partial charge is 0.508 e. The van der Waals surface area contributed by atoms with Gasteiger partial charge in [0.1, 0.15) is 5.75 Å². The maximum atomic E-state index is 10.3. The number of aryl methyl sites for hydroxylation is 1. The molecule has 1 aromatic heterocycles. The lowest BCUT2D eigenvalue weighted by molar-refractivity contribution is 0.0467. The number of phenolic OH excluding ortho intramolecular Hbond substituents is 1. The molecule has 3 atom stereocenters. The molecule has 0 unspecified atom stereocenters. The summed E-state index contributed by atoms with van der Waals surface area (Å²) in [4.78, 5) is 1.46. The highest BCUT2D eigenvalue weighted by Crippen LogP contribution is 2.58. The fraction of sp³-hybridized carbons (Fsp3) is 0.500. The average molecular weight is 274 g/mol. The van der Waals surface area contributed by atoms with E-state index in [-0.39, 0.29) is 11.5 Å². The smallest absolute Gasteiger partial charge is 0.117 e. The van der Waals surface area contributed by atoms with Crippen molar-refractivity contribution in [2.45, 2.75) is 44.6 Å². The topological polar surface area (TPSA) is 40.5 Å². The Morgan fingerprint density at radius 3 is 3.00 bits per heavy atom. The summed E-state index contributed by atoms with van der Waals surface area (Å²) in [5, 5.41) is 21.2. The van der Waals surface area contributed by atoms with Crippen molar-refractivity contribution in [3.63, 3.8) is 0 Å². The molecule has 2 nitrogen and oxygen atoms in total. The van der Waals surface area contributed by atoms with Crippen molar-refractivity contribution in [3.8, 4) is 5.75 Å². The van der Waals surface area contributed by atoms with Crippen molar-refractivity contribution in [1.29, 1.82) is 0 Å². The van der Waals surface area contributed by atoms with Crippen molar-refractivity contribution in [2.24, 2.45) is 5.41 Å². The molecule has 1 aromatic carbocycles. The van der Waals surface area contributed by atoms with Gasteiger partial charge in [-0.2, -0.15) is 0 Å². The number of aliphatic hydroxyl groups is 1. The number of benzene rings is 1. The lowest BCUT2D eigenvalue weighted by Crippen LogP contribution is -2.34. The first-order valence-corrected chi connectivity index (χ1v) is 7.83. The Balaban J connectivity index is 1.93. The van der Waals surface area contributed by atoms with Crippen LogP contribution in [0.4, 0.5) is 0 Å². The standard InChI is InChI=1S/C16H18O2S/c1-16-7-6-11-10-3-2-9(17)8-13(10)19-15(11)12(16)4-5-14(16)18/h2-3,8,12,14,17-18H,4-7H2,1H3/t12-,14-,16+/m0/s1. The molecule has 2 aliphatic carbocycles. The second-order valence-electron chi connectivity index (χ2n) is 6.28. The Morgan fingerprint density at radius 1 is 1.32 bits per heavy atom. The van der Waals surface area contributed by atoms with Crippen LogP contribution in [0.15, 0.2) is 18.2 Å². The molecule has 1 saturated carbocycles. The Bertz CT molecular complexity index is 660. The molecule has 100 valence electrons. The molecular weight excluding hydrogens is 256 g/mol. The molecule has 19 heavy (non-hydrogen) atoms. The quantitative estimate of drug-likeness (QED) is 0.767. The molecule has 1 fully saturated rings. The van der Waals surface area contributed by atoms with Crippen LogP contribution < -0.4 is 0 Å². The van der Waals surface area contributed by atoms with Gasteiger partial charge in [0.25, 0.3) is 0 Å². The number of thiophene rings is 1. The van der Waals surface area contributed by atoms with Gasteiger partial charge in [0.15, 0.2) is 0 Å². The van der Waals surface area contributed by atoms with Crippen LogP contribution in [0.3, 0.4) is 0 Å². The molecule has 2 aromatic rings. The number of phenols is 1. The van der Waals surface area contributed by atoms with E-state index >= 15 is 0 Å². The van der Waals surface area contributed by atoms with Gasteiger partial charge in [0.05, 0.1) is 6.10 Å². The first kappa shape index (κ1) is 11.7. The molecule has 4 rings (SSSR count). The molecular formula is C16H18O2S. The van der Waals surface area contributed by atoms with Crippen molar-refractivity contribution < 1.29 is 10.2 Å². The van der Waals surface area contributed by atoms with E-state index in [2.05, 4.69) is 6.92 Å². The van der Waals surface area contributed by atoms with E-state index in [1.807, 2.05) is 23.5 Å². The highest BCUT2D eigenvalue weighted by atomic mass is 32.1. The lowest BCUT2D eigenvalue weighted by Gasteiger charge is -2.38. The number of hydrogen-bond donors (Lipinski definition) is 2. The first-order chi connectivity index (χ1) is 9.09. The van der Waals surface area contributed by atoms with Gasteiger partial charge in [-0.1, -0.05) is 6.92 Å². The lowest BCUT2D eigenvalue weighted by atomic mass is 9.69. The zero-order valence-corrected chi connectivity index (χ0v) is 11.8. The molecule has 0 radical (unpaired) electrons. The van der Waals surface area contributed by atoms with Gasteiger partial charge in [-0.25, -0.2) is 0 Å². The molecule has 1 heterocycles. The maximum absolute atomic E-state index is 10.3. The van der Waals surface area contributed by atoms with E-state index in [0.29, 0.717) is 11.7 Å². The summed E-state index contributed by atoms with van der Waals surface area (Å²) in [5.41, 5.74) is 1.53. The van der Waals surface area contributed by atoms with Crippen molar-refractivity contribution in [3.05, 3.63) is 28.6 Å². The number of rotatable bonds is 0. The Hall–Kier alpha value is -1.06. The zero-order chi connectivity index (χ0) is 13.2. The molecule has 2 aliphatic rings. The highest BCUT2D eigenvalue weighted by molar-refractivity contribution is 7.19. The summed E-state index contributed by atoms with van der Waals surface area (Å²) in [6, 6.07) is 5.71. The SMILES string of the molecule is C[C@@]12CCc3c(sc4cc(O)ccc34)[C@@H]1CC[C@@H]2O. The summed E-state index contributed by atoms with van der Waals surface area (Å²) >= 11 is 1.82. The summed E-state index contributed by atoms with van der Waals surface area (Å²) in [7, 11) is 0. The van der Waals surface area contributed by atoms with Crippen molar-refractivity contribution in [1.82, 2.24) is 0 Å². The normalized spacial score (nSPS) is 33.4. The Kier molecular flexibility index (Phi) is 2.31. The van der Waals surface area contributed by atoms with Gasteiger partial charge in [0, 0.05) is 20.9 Å². The third-order valence-corrected chi connectivity index (χ3v) is 6.63. The predicted octanol–water partition coefficient (Wildman–Crippen LogP) is 3.80. The maximum Gasteiger partial charge on any atom is 0.117 e. The van der Waals surface area contributed by atoms with Gasteiger partial charge in [-0.15, -0.1) is 11.3 Å². The van der Waals surface area contributed by atoms with Crippen LogP contribution in [0.25, 0.3) is 10.1 Å². The molecule has 0 aliphatic heterocycles. The fourth-order valence-corrected chi connectivity index (χ4v) is 5.66. The third-order valence-electron chi connectivity index (χ3n) is 5.32. The second kappa shape index (κ2) is 3.74. The summed E-state index contributed by atoms with van der Waals surface area (Å²) in [6.07, 6.45) is 4.02. The van der Waals surface area contributed by atoms with Crippen LogP contribution in [0.2, 0.25) is 0 Å². The Morgan fingerprint density at radius 2 is 2.16 bits per heavy atom. The first-order valence-electron chi connectivity index (χ1n) is 7.02. The van der Waals surface area contributed by atoms with Crippen LogP contribution >= 0.6 is 11.3 Å². The van der Waals surface area contributed by atoms with Crippen molar-refractivity contribution in [2.75, 3.05) is 0 Å². The van der Waals surface area contributed by atoms with Crippen LogP contribution in [-0.2, 0) is 6.42 Å². The van der Waals surface area contributed by atoms with Crippen LogP contribution in [0, 0.1) is 5.41 Å². The van der Waals surface area contributed by atoms with Gasteiger partial charge in [0.2, 0.25) is 0 Å². The van der Waals surface area contributed by atoms with Gasteiger partial charge in [-0.3, -0.25) is 0 Å². The van der Waals surface area contributed by atoms with Crippen LogP contribution in [-0.4, -0.2) is 16.3 Å². The minimum atomic E-state index is -0.149. The van der Waals surface area contributed by atoms with Gasteiger partial charge >= 0.3 is 0 Å². The van der Waals surface area contributed by atoms with E-state index < -0.39 is 0 Å². The Labute approximate surface area is 116 Å². The van der Waals surface area contributed by atoms with E-state index in [1.54, 1.807) is 6.07 Å². The highest BCUT2D eigenvalue weighted by Gasteiger charge is 2.49. The number of aliphatic hydroxyl groups excluding tert-OH is 1. The second-order valence-corrected chi connectivity index (χ2v) is 7.36. The summed E-state index contributed by atoms with van der Waals surface area (Å²) < 4.78 is 1.19. The zero-order valence-electron chi connectivity index (χ0n) is 11.0. The molecule has 2 N–H and O–H groups in total. The molecule has 3 heteroatoms. The predicted molar refractivity (Wildman–Crippen MR) is 77.9 cm³/mol. The molecule has 0 saturated heterocycles. The molecule has 0 spiro atoms. The molecule has 0 amide bonds. The monoisotopic (exact) mass is 274 g/mol. The van der Waals surface area contributed by atoms with Crippen LogP contribution in [0.5, 0.6) is 5.75 Å². The van der Waals surface area contributed by atoms with Crippen LogP contribution in [0.1, 0.15) is 42.5 Å². The minimum Gasteiger partial charge on any atom is -0.508 e. The average Bonchev–Trinajstić information content (AvgIpc) is 2.87. The number of fused-ring (bicyclic) bond motifs is 5. The van der Waals surface area contributed by atoms with Crippen molar-refractivity contribution >= 4 is 21.4 Å². The summed E-state index contributed by atoms with van der Waals surface area (Å²) in [5.74, 6) is 0.853. The van der Waals surface area contributed by atoms with Gasteiger partial charge in [-0.05, 0) is 54.8 Å². The number of aromatic hydroxyl groups is 1.